The van der Waals surface area contributed by atoms with Crippen molar-refractivity contribution in [1.29, 1.82) is 0 Å². The number of anilines is 1. The number of carbonyl (C=O) groups excluding carboxylic acids is 1. The number of nitrogens with one attached hydrogen (secondary N) is 1. The second-order valence-electron chi connectivity index (χ2n) is 4.37. The van der Waals surface area contributed by atoms with Gasteiger partial charge >= 0.3 is 0 Å². The van der Waals surface area contributed by atoms with Crippen LogP contribution in [0.2, 0.25) is 0 Å². The molecule has 0 radical (unpaired) electrons. The Morgan fingerprint density at radius 2 is 1.89 bits per heavy atom. The quantitative estimate of drug-likeness (QED) is 0.861. The molecule has 19 heavy (non-hydrogen) atoms. The van der Waals surface area contributed by atoms with Gasteiger partial charge in [-0.2, -0.15) is 0 Å². The summed E-state index contributed by atoms with van der Waals surface area (Å²) in [6.45, 7) is 0.0861. The van der Waals surface area contributed by atoms with E-state index < -0.39 is 0 Å². The van der Waals surface area contributed by atoms with Crippen LogP contribution in [0.3, 0.4) is 0 Å². The molecular formula is C15H12BrNO2. The minimum Gasteiger partial charge on any atom is -0.482 e. The Morgan fingerprint density at radius 3 is 2.68 bits per heavy atom. The lowest BCUT2D eigenvalue weighted by Gasteiger charge is -2.20. The first kappa shape index (κ1) is 12.2. The van der Waals surface area contributed by atoms with Crippen molar-refractivity contribution in [1.82, 2.24) is 0 Å². The maximum atomic E-state index is 11.3. The highest BCUT2D eigenvalue weighted by molar-refractivity contribution is 9.09. The van der Waals surface area contributed by atoms with E-state index in [9.17, 15) is 4.79 Å². The van der Waals surface area contributed by atoms with E-state index in [-0.39, 0.29) is 17.3 Å². The summed E-state index contributed by atoms with van der Waals surface area (Å²) in [7, 11) is 0. The number of amides is 1. The molecule has 0 aliphatic carbocycles. The number of benzene rings is 2. The van der Waals surface area contributed by atoms with E-state index in [1.54, 1.807) is 0 Å². The van der Waals surface area contributed by atoms with Crippen molar-refractivity contribution in [3.05, 3.63) is 59.7 Å². The number of alkyl halides is 1. The van der Waals surface area contributed by atoms with Crippen LogP contribution in [0.4, 0.5) is 5.69 Å². The van der Waals surface area contributed by atoms with E-state index in [1.165, 1.54) is 5.56 Å². The summed E-state index contributed by atoms with van der Waals surface area (Å²) in [6.07, 6.45) is 0. The topological polar surface area (TPSA) is 38.3 Å². The molecule has 3 rings (SSSR count). The summed E-state index contributed by atoms with van der Waals surface area (Å²) in [5.74, 6) is 0.603. The first-order valence-electron chi connectivity index (χ1n) is 5.99. The molecule has 0 aromatic heterocycles. The molecule has 0 spiro atoms. The van der Waals surface area contributed by atoms with Crippen molar-refractivity contribution in [3.63, 3.8) is 0 Å². The number of hydrogen-bond acceptors (Lipinski definition) is 2. The van der Waals surface area contributed by atoms with E-state index in [1.807, 2.05) is 36.4 Å². The third-order valence-electron chi connectivity index (χ3n) is 3.02. The molecule has 3 nitrogen and oxygen atoms in total. The average Bonchev–Trinajstić information content (AvgIpc) is 2.46. The van der Waals surface area contributed by atoms with Gasteiger partial charge in [-0.15, -0.1) is 0 Å². The van der Waals surface area contributed by atoms with Gasteiger partial charge in [-0.3, -0.25) is 4.79 Å². The van der Waals surface area contributed by atoms with Gasteiger partial charge < -0.3 is 10.1 Å². The van der Waals surface area contributed by atoms with Crippen molar-refractivity contribution in [3.8, 4) is 5.75 Å². The van der Waals surface area contributed by atoms with Crippen molar-refractivity contribution >= 4 is 27.5 Å². The van der Waals surface area contributed by atoms with Crippen LogP contribution in [-0.2, 0) is 4.79 Å². The van der Waals surface area contributed by atoms with Crippen molar-refractivity contribution in [2.45, 2.75) is 4.83 Å². The number of ether oxygens (including phenoxy) is 1. The zero-order chi connectivity index (χ0) is 13.2. The fraction of sp³-hybridized carbons (Fsp3) is 0.133. The van der Waals surface area contributed by atoms with Crippen molar-refractivity contribution in [2.24, 2.45) is 0 Å². The second kappa shape index (κ2) is 5.05. The van der Waals surface area contributed by atoms with Crippen LogP contribution in [0.25, 0.3) is 0 Å². The molecule has 1 aliphatic heterocycles. The molecule has 0 saturated carbocycles. The fourth-order valence-corrected chi connectivity index (χ4v) is 2.66. The van der Waals surface area contributed by atoms with E-state index in [2.05, 4.69) is 33.4 Å². The summed E-state index contributed by atoms with van der Waals surface area (Å²) >= 11 is 3.68. The summed E-state index contributed by atoms with van der Waals surface area (Å²) in [6, 6.07) is 16.0. The van der Waals surface area contributed by atoms with Crippen LogP contribution in [0.15, 0.2) is 48.5 Å². The Hall–Kier alpha value is -1.81. The molecule has 4 heteroatoms. The van der Waals surface area contributed by atoms with E-state index in [0.717, 1.165) is 17.0 Å². The van der Waals surface area contributed by atoms with Crippen LogP contribution in [-0.4, -0.2) is 12.5 Å². The van der Waals surface area contributed by atoms with Crippen LogP contribution in [0.5, 0.6) is 5.75 Å². The van der Waals surface area contributed by atoms with Gasteiger partial charge in [0.2, 0.25) is 0 Å². The third-order valence-corrected chi connectivity index (χ3v) is 4.08. The smallest absolute Gasteiger partial charge is 0.262 e. The summed E-state index contributed by atoms with van der Waals surface area (Å²) in [5.41, 5.74) is 2.98. The van der Waals surface area contributed by atoms with E-state index in [4.69, 9.17) is 4.74 Å². The Morgan fingerprint density at radius 1 is 1.11 bits per heavy atom. The molecule has 1 N–H and O–H groups in total. The molecule has 2 aromatic rings. The molecule has 96 valence electrons. The second-order valence-corrected chi connectivity index (χ2v) is 5.28. The predicted molar refractivity (Wildman–Crippen MR) is 77.8 cm³/mol. The van der Waals surface area contributed by atoms with Gasteiger partial charge in [0.25, 0.3) is 5.91 Å². The fourth-order valence-electron chi connectivity index (χ4n) is 2.07. The van der Waals surface area contributed by atoms with Gasteiger partial charge in [0.05, 0.1) is 10.5 Å². The largest absolute Gasteiger partial charge is 0.482 e. The van der Waals surface area contributed by atoms with Crippen molar-refractivity contribution in [2.75, 3.05) is 11.9 Å². The highest BCUT2D eigenvalue weighted by atomic mass is 79.9. The summed E-state index contributed by atoms with van der Waals surface area (Å²) in [5, 5.41) is 2.82. The molecule has 2 aromatic carbocycles. The summed E-state index contributed by atoms with van der Waals surface area (Å²) < 4.78 is 5.35. The molecule has 1 heterocycles. The molecule has 1 unspecified atom stereocenters. The third kappa shape index (κ3) is 2.49. The first-order chi connectivity index (χ1) is 9.24. The first-order valence-corrected chi connectivity index (χ1v) is 6.91. The lowest BCUT2D eigenvalue weighted by atomic mass is 10.0. The van der Waals surface area contributed by atoms with Crippen LogP contribution >= 0.6 is 15.9 Å². The number of fused-ring (bicyclic) bond motifs is 1. The molecule has 1 amide bonds. The Bertz CT molecular complexity index is 613. The Balaban J connectivity index is 1.94. The molecule has 0 fully saturated rings. The summed E-state index contributed by atoms with van der Waals surface area (Å²) in [4.78, 5) is 11.4. The lowest BCUT2D eigenvalue weighted by molar-refractivity contribution is -0.118. The van der Waals surface area contributed by atoms with Gasteiger partial charge in [0.15, 0.2) is 6.61 Å². The van der Waals surface area contributed by atoms with Crippen LogP contribution < -0.4 is 10.1 Å². The molecule has 1 atom stereocenters. The zero-order valence-electron chi connectivity index (χ0n) is 10.1. The minimum atomic E-state index is -0.115. The Labute approximate surface area is 119 Å². The average molecular weight is 318 g/mol. The van der Waals surface area contributed by atoms with Gasteiger partial charge in [-0.25, -0.2) is 0 Å². The predicted octanol–water partition coefficient (Wildman–Crippen LogP) is 3.50. The normalized spacial score (nSPS) is 15.1. The minimum absolute atomic E-state index is 0.0861. The highest BCUT2D eigenvalue weighted by Crippen LogP contribution is 2.36. The molecule has 0 bridgehead atoms. The lowest BCUT2D eigenvalue weighted by Crippen LogP contribution is -2.25. The zero-order valence-corrected chi connectivity index (χ0v) is 11.7. The number of halogens is 1. The van der Waals surface area contributed by atoms with E-state index in [0.29, 0.717) is 0 Å². The Kier molecular flexibility index (Phi) is 3.25. The maximum Gasteiger partial charge on any atom is 0.262 e. The maximum absolute atomic E-state index is 11.3. The van der Waals surface area contributed by atoms with Gasteiger partial charge in [-0.1, -0.05) is 52.3 Å². The van der Waals surface area contributed by atoms with Gasteiger partial charge in [0.1, 0.15) is 5.75 Å². The number of rotatable bonds is 2. The standard InChI is InChI=1S/C15H12BrNO2/c16-15(10-4-2-1-3-5-10)11-6-7-13-12(8-11)17-14(18)9-19-13/h1-8,15H,9H2,(H,17,18). The van der Waals surface area contributed by atoms with Crippen LogP contribution in [0, 0.1) is 0 Å². The van der Waals surface area contributed by atoms with Gasteiger partial charge in [-0.05, 0) is 23.3 Å². The van der Waals surface area contributed by atoms with Gasteiger partial charge in [0, 0.05) is 0 Å². The van der Waals surface area contributed by atoms with Crippen molar-refractivity contribution < 1.29 is 9.53 Å². The molecular weight excluding hydrogens is 306 g/mol. The van der Waals surface area contributed by atoms with Crippen LogP contribution in [0.1, 0.15) is 16.0 Å². The SMILES string of the molecule is O=C1COc2ccc(C(Br)c3ccccc3)cc2N1. The van der Waals surface area contributed by atoms with E-state index >= 15 is 0 Å². The monoisotopic (exact) mass is 317 g/mol. The molecule has 0 saturated heterocycles. The molecule has 1 aliphatic rings. The number of hydrogen-bond donors (Lipinski definition) is 1. The highest BCUT2D eigenvalue weighted by Gasteiger charge is 2.18. The number of carbonyl (C=O) groups is 1.